The van der Waals surface area contributed by atoms with Crippen molar-refractivity contribution in [3.05, 3.63) is 0 Å². The molecule has 15 heavy (non-hydrogen) atoms. The molecule has 1 rings (SSSR count). The minimum absolute atomic E-state index is 0.0434. The fourth-order valence-electron chi connectivity index (χ4n) is 2.11. The second-order valence-electron chi connectivity index (χ2n) is 4.34. The van der Waals surface area contributed by atoms with Crippen molar-refractivity contribution < 1.29 is 9.59 Å². The molecule has 4 nitrogen and oxygen atoms in total. The first-order valence-electron chi connectivity index (χ1n) is 5.52. The number of carbonyl (C=O) groups is 2. The minimum atomic E-state index is 0.0434. The predicted molar refractivity (Wildman–Crippen MR) is 58.6 cm³/mol. The van der Waals surface area contributed by atoms with Crippen molar-refractivity contribution in [1.29, 1.82) is 0 Å². The fraction of sp³-hybridized carbons (Fsp3) is 0.818. The van der Waals surface area contributed by atoms with E-state index in [9.17, 15) is 9.59 Å². The smallest absolute Gasteiger partial charge is 0.210 e. The zero-order valence-electron chi connectivity index (χ0n) is 9.61. The topological polar surface area (TPSA) is 40.6 Å². The van der Waals surface area contributed by atoms with E-state index in [1.165, 1.54) is 19.8 Å². The fourth-order valence-corrected chi connectivity index (χ4v) is 2.11. The molecule has 0 aliphatic carbocycles. The summed E-state index contributed by atoms with van der Waals surface area (Å²) in [7, 11) is 2.12. The van der Waals surface area contributed by atoms with Crippen molar-refractivity contribution in [1.82, 2.24) is 9.80 Å². The lowest BCUT2D eigenvalue weighted by Crippen LogP contribution is -2.33. The molecule has 1 amide bonds. The van der Waals surface area contributed by atoms with Gasteiger partial charge in [0.1, 0.15) is 5.78 Å². The summed E-state index contributed by atoms with van der Waals surface area (Å²) in [6.07, 6.45) is 4.21. The molecular weight excluding hydrogens is 192 g/mol. The number of ketones is 1. The molecule has 1 fully saturated rings. The molecule has 0 radical (unpaired) electrons. The lowest BCUT2D eigenvalue weighted by Gasteiger charge is -2.22. The summed E-state index contributed by atoms with van der Waals surface area (Å²) in [6, 6.07) is 0.583. The SMILES string of the molecule is CC(=O)CN(C=O)CCC1CCCN1C. The van der Waals surface area contributed by atoms with Crippen molar-refractivity contribution in [2.45, 2.75) is 32.2 Å². The Hall–Kier alpha value is -0.900. The molecule has 0 aromatic carbocycles. The first-order chi connectivity index (χ1) is 7.13. The van der Waals surface area contributed by atoms with Gasteiger partial charge in [-0.15, -0.1) is 0 Å². The molecule has 0 aromatic rings. The van der Waals surface area contributed by atoms with Gasteiger partial charge in [0, 0.05) is 12.6 Å². The van der Waals surface area contributed by atoms with E-state index in [1.807, 2.05) is 0 Å². The molecule has 0 saturated carbocycles. The number of rotatable bonds is 6. The quantitative estimate of drug-likeness (QED) is 0.603. The van der Waals surface area contributed by atoms with Gasteiger partial charge in [-0.05, 0) is 39.8 Å². The maximum Gasteiger partial charge on any atom is 0.210 e. The molecule has 0 N–H and O–H groups in total. The van der Waals surface area contributed by atoms with Crippen LogP contribution in [-0.4, -0.2) is 54.7 Å². The van der Waals surface area contributed by atoms with Crippen molar-refractivity contribution >= 4 is 12.2 Å². The van der Waals surface area contributed by atoms with Gasteiger partial charge in [-0.1, -0.05) is 0 Å². The van der Waals surface area contributed by atoms with Gasteiger partial charge in [-0.25, -0.2) is 0 Å². The number of nitrogens with zero attached hydrogens (tertiary/aromatic N) is 2. The van der Waals surface area contributed by atoms with Gasteiger partial charge in [0.05, 0.1) is 6.54 Å². The largest absolute Gasteiger partial charge is 0.338 e. The van der Waals surface area contributed by atoms with Gasteiger partial charge < -0.3 is 9.80 Å². The van der Waals surface area contributed by atoms with Crippen LogP contribution in [0.15, 0.2) is 0 Å². The number of amides is 1. The van der Waals surface area contributed by atoms with Crippen LogP contribution >= 0.6 is 0 Å². The molecule has 1 atom stereocenters. The van der Waals surface area contributed by atoms with E-state index in [1.54, 1.807) is 4.90 Å². The van der Waals surface area contributed by atoms with Crippen LogP contribution in [0, 0.1) is 0 Å². The molecule has 1 saturated heterocycles. The summed E-state index contributed by atoms with van der Waals surface area (Å²) >= 11 is 0. The van der Waals surface area contributed by atoms with Gasteiger partial charge in [0.25, 0.3) is 0 Å². The summed E-state index contributed by atoms with van der Waals surface area (Å²) in [6.45, 7) is 3.61. The summed E-state index contributed by atoms with van der Waals surface area (Å²) in [5, 5.41) is 0. The van der Waals surface area contributed by atoms with Crippen LogP contribution in [0.2, 0.25) is 0 Å². The highest BCUT2D eigenvalue weighted by molar-refractivity contribution is 5.79. The summed E-state index contributed by atoms with van der Waals surface area (Å²) in [5.74, 6) is 0.0434. The highest BCUT2D eigenvalue weighted by atomic mass is 16.1. The second-order valence-corrected chi connectivity index (χ2v) is 4.34. The predicted octanol–water partition coefficient (Wildman–Crippen LogP) is 0.518. The van der Waals surface area contributed by atoms with Crippen molar-refractivity contribution in [3.63, 3.8) is 0 Å². The standard InChI is InChI=1S/C11H20N2O2/c1-10(15)8-13(9-14)7-5-11-4-3-6-12(11)2/h9,11H,3-8H2,1-2H3. The molecule has 1 aliphatic heterocycles. The van der Waals surface area contributed by atoms with Crippen LogP contribution in [0.4, 0.5) is 0 Å². The van der Waals surface area contributed by atoms with Crippen LogP contribution in [0.25, 0.3) is 0 Å². The highest BCUT2D eigenvalue weighted by Crippen LogP contribution is 2.17. The maximum atomic E-state index is 10.9. The van der Waals surface area contributed by atoms with Gasteiger partial charge in [0.15, 0.2) is 0 Å². The van der Waals surface area contributed by atoms with E-state index in [0.29, 0.717) is 12.6 Å². The van der Waals surface area contributed by atoms with Gasteiger partial charge in [-0.2, -0.15) is 0 Å². The first-order valence-corrected chi connectivity index (χ1v) is 5.52. The molecule has 0 bridgehead atoms. The van der Waals surface area contributed by atoms with Gasteiger partial charge in [0.2, 0.25) is 6.41 Å². The molecule has 0 spiro atoms. The minimum Gasteiger partial charge on any atom is -0.338 e. The Morgan fingerprint density at radius 2 is 2.33 bits per heavy atom. The molecule has 0 aromatic heterocycles. The number of Topliss-reactive ketones (excluding diaryl/α,β-unsaturated/α-hetero) is 1. The van der Waals surface area contributed by atoms with Crippen molar-refractivity contribution in [2.75, 3.05) is 26.7 Å². The van der Waals surface area contributed by atoms with Crippen LogP contribution < -0.4 is 0 Å². The number of likely N-dealkylation sites (tertiary alicyclic amines) is 1. The molecule has 4 heteroatoms. The lowest BCUT2D eigenvalue weighted by atomic mass is 10.1. The van der Waals surface area contributed by atoms with Crippen molar-refractivity contribution in [3.8, 4) is 0 Å². The third kappa shape index (κ3) is 4.00. The molecule has 86 valence electrons. The number of carbonyl (C=O) groups excluding carboxylic acids is 2. The van der Waals surface area contributed by atoms with Gasteiger partial charge >= 0.3 is 0 Å². The Morgan fingerprint density at radius 1 is 1.60 bits per heavy atom. The summed E-state index contributed by atoms with van der Waals surface area (Å²) < 4.78 is 0. The molecule has 1 unspecified atom stereocenters. The highest BCUT2D eigenvalue weighted by Gasteiger charge is 2.21. The monoisotopic (exact) mass is 212 g/mol. The zero-order valence-corrected chi connectivity index (χ0v) is 9.61. The first kappa shape index (κ1) is 12.2. The number of hydrogen-bond donors (Lipinski definition) is 0. The Labute approximate surface area is 91.2 Å². The molecule has 1 aliphatic rings. The normalized spacial score (nSPS) is 21.6. The molecule has 1 heterocycles. The summed E-state index contributed by atoms with van der Waals surface area (Å²) in [4.78, 5) is 25.4. The second kappa shape index (κ2) is 5.85. The Morgan fingerprint density at radius 3 is 2.80 bits per heavy atom. The lowest BCUT2D eigenvalue weighted by molar-refractivity contribution is -0.125. The molecular formula is C11H20N2O2. The van der Waals surface area contributed by atoms with E-state index in [2.05, 4.69) is 11.9 Å². The van der Waals surface area contributed by atoms with E-state index in [0.717, 1.165) is 19.4 Å². The van der Waals surface area contributed by atoms with Gasteiger partial charge in [-0.3, -0.25) is 9.59 Å². The Balaban J connectivity index is 2.27. The van der Waals surface area contributed by atoms with Crippen LogP contribution in [0.5, 0.6) is 0 Å². The average molecular weight is 212 g/mol. The van der Waals surface area contributed by atoms with E-state index >= 15 is 0 Å². The van der Waals surface area contributed by atoms with Crippen LogP contribution in [0.3, 0.4) is 0 Å². The zero-order chi connectivity index (χ0) is 11.3. The maximum absolute atomic E-state index is 10.9. The third-order valence-electron chi connectivity index (χ3n) is 3.00. The van der Waals surface area contributed by atoms with E-state index < -0.39 is 0 Å². The number of hydrogen-bond acceptors (Lipinski definition) is 3. The summed E-state index contributed by atoms with van der Waals surface area (Å²) in [5.41, 5.74) is 0. The van der Waals surface area contributed by atoms with Crippen molar-refractivity contribution in [2.24, 2.45) is 0 Å². The Bertz CT molecular complexity index is 231. The van der Waals surface area contributed by atoms with E-state index in [4.69, 9.17) is 0 Å². The average Bonchev–Trinajstić information content (AvgIpc) is 2.58. The van der Waals surface area contributed by atoms with Crippen LogP contribution in [-0.2, 0) is 9.59 Å². The van der Waals surface area contributed by atoms with E-state index in [-0.39, 0.29) is 12.3 Å². The Kier molecular flexibility index (Phi) is 4.75. The third-order valence-corrected chi connectivity index (χ3v) is 3.00. The van der Waals surface area contributed by atoms with Crippen LogP contribution in [0.1, 0.15) is 26.2 Å².